The van der Waals surface area contributed by atoms with Crippen molar-refractivity contribution in [3.8, 4) is 0 Å². The van der Waals surface area contributed by atoms with Gasteiger partial charge in [0.2, 0.25) is 0 Å². The summed E-state index contributed by atoms with van der Waals surface area (Å²) in [6.07, 6.45) is 2.00. The zero-order valence-electron chi connectivity index (χ0n) is 11.0. The molecule has 0 spiro atoms. The molecule has 1 aliphatic rings. The van der Waals surface area contributed by atoms with Crippen molar-refractivity contribution in [2.24, 2.45) is 5.92 Å². The third-order valence-electron chi connectivity index (χ3n) is 3.33. The first-order chi connectivity index (χ1) is 9.58. The maximum atomic E-state index is 12.4. The Labute approximate surface area is 130 Å². The summed E-state index contributed by atoms with van der Waals surface area (Å²) in [4.78, 5) is 25.5. The van der Waals surface area contributed by atoms with Gasteiger partial charge in [0.15, 0.2) is 0 Å². The molecule has 1 aromatic heterocycles. The number of carbonyl (C=O) groups is 2. The molecule has 1 amide bonds. The van der Waals surface area contributed by atoms with E-state index >= 15 is 0 Å². The predicted molar refractivity (Wildman–Crippen MR) is 81.2 cm³/mol. The zero-order valence-corrected chi connectivity index (χ0v) is 13.4. The van der Waals surface area contributed by atoms with Crippen molar-refractivity contribution in [3.63, 3.8) is 0 Å². The largest absolute Gasteiger partial charge is 0.480 e. The van der Waals surface area contributed by atoms with Crippen molar-refractivity contribution >= 4 is 39.1 Å². The van der Waals surface area contributed by atoms with E-state index in [1.165, 1.54) is 11.3 Å². The normalized spacial score (nSPS) is 19.1. The number of nitrogens with one attached hydrogen (secondary N) is 1. The summed E-state index contributed by atoms with van der Waals surface area (Å²) in [5.74, 6) is -0.461. The van der Waals surface area contributed by atoms with E-state index in [1.807, 2.05) is 16.3 Å². The van der Waals surface area contributed by atoms with Crippen LogP contribution in [0.5, 0.6) is 0 Å². The van der Waals surface area contributed by atoms with Crippen LogP contribution in [0, 0.1) is 5.92 Å². The number of nitrogens with zero attached hydrogens (tertiary/aromatic N) is 1. The molecule has 0 aromatic carbocycles. The van der Waals surface area contributed by atoms with Gasteiger partial charge in [0.1, 0.15) is 4.88 Å². The fourth-order valence-corrected chi connectivity index (χ4v) is 3.90. The molecule has 1 atom stereocenters. The van der Waals surface area contributed by atoms with E-state index < -0.39 is 5.97 Å². The standard InChI is InChI=1S/C13H17BrN2O3S/c14-10-3-5-20-12(10)13(19)16-4-1-2-9(8-16)6-15-7-11(17)18/h3,5,9,15H,1-2,4,6-8H2,(H,17,18). The van der Waals surface area contributed by atoms with Crippen LogP contribution in [0.3, 0.4) is 0 Å². The number of hydrogen-bond acceptors (Lipinski definition) is 4. The fraction of sp³-hybridized carbons (Fsp3) is 0.538. The summed E-state index contributed by atoms with van der Waals surface area (Å²) in [5.41, 5.74) is 0. The van der Waals surface area contributed by atoms with E-state index in [0.717, 1.165) is 28.7 Å². The molecule has 2 N–H and O–H groups in total. The molecule has 0 saturated carbocycles. The van der Waals surface area contributed by atoms with Gasteiger partial charge in [-0.2, -0.15) is 0 Å². The molecule has 110 valence electrons. The van der Waals surface area contributed by atoms with E-state index in [9.17, 15) is 9.59 Å². The van der Waals surface area contributed by atoms with Crippen molar-refractivity contribution in [1.82, 2.24) is 10.2 Å². The van der Waals surface area contributed by atoms with Gasteiger partial charge in [-0.05, 0) is 46.1 Å². The van der Waals surface area contributed by atoms with E-state index in [2.05, 4.69) is 21.2 Å². The second-order valence-electron chi connectivity index (χ2n) is 4.88. The van der Waals surface area contributed by atoms with Crippen molar-refractivity contribution < 1.29 is 14.7 Å². The van der Waals surface area contributed by atoms with Crippen molar-refractivity contribution in [1.29, 1.82) is 0 Å². The van der Waals surface area contributed by atoms with Crippen LogP contribution < -0.4 is 5.32 Å². The number of likely N-dealkylation sites (tertiary alicyclic amines) is 1. The quantitative estimate of drug-likeness (QED) is 0.842. The molecule has 1 unspecified atom stereocenters. The predicted octanol–water partition coefficient (Wildman–Crippen LogP) is 2.04. The van der Waals surface area contributed by atoms with Crippen LogP contribution in [0.1, 0.15) is 22.5 Å². The highest BCUT2D eigenvalue weighted by Crippen LogP contribution is 2.26. The van der Waals surface area contributed by atoms with Gasteiger partial charge >= 0.3 is 5.97 Å². The van der Waals surface area contributed by atoms with E-state index in [-0.39, 0.29) is 12.5 Å². The first-order valence-corrected chi connectivity index (χ1v) is 8.20. The van der Waals surface area contributed by atoms with Gasteiger partial charge in [-0.15, -0.1) is 11.3 Å². The smallest absolute Gasteiger partial charge is 0.317 e. The molecule has 0 bridgehead atoms. The highest BCUT2D eigenvalue weighted by atomic mass is 79.9. The SMILES string of the molecule is O=C(O)CNCC1CCCN(C(=O)c2sccc2Br)C1. The van der Waals surface area contributed by atoms with Crippen LogP contribution in [-0.2, 0) is 4.79 Å². The number of carbonyl (C=O) groups excluding carboxylic acids is 1. The molecule has 0 aliphatic carbocycles. The number of amides is 1. The highest BCUT2D eigenvalue weighted by molar-refractivity contribution is 9.10. The topological polar surface area (TPSA) is 69.6 Å². The number of halogens is 1. The number of rotatable bonds is 5. The molecule has 2 rings (SSSR count). The summed E-state index contributed by atoms with van der Waals surface area (Å²) in [5, 5.41) is 13.4. The Hall–Kier alpha value is -0.920. The molecular formula is C13H17BrN2O3S. The molecule has 0 radical (unpaired) electrons. The van der Waals surface area contributed by atoms with Crippen molar-refractivity contribution in [2.75, 3.05) is 26.2 Å². The van der Waals surface area contributed by atoms with Crippen LogP contribution >= 0.6 is 27.3 Å². The van der Waals surface area contributed by atoms with Crippen LogP contribution in [0.2, 0.25) is 0 Å². The lowest BCUT2D eigenvalue weighted by atomic mass is 9.98. The molecule has 1 aromatic rings. The number of hydrogen-bond donors (Lipinski definition) is 2. The summed E-state index contributed by atoms with van der Waals surface area (Å²) in [6, 6.07) is 1.88. The van der Waals surface area contributed by atoms with Crippen LogP contribution in [-0.4, -0.2) is 48.1 Å². The number of piperidine rings is 1. The molecule has 1 fully saturated rings. The lowest BCUT2D eigenvalue weighted by Gasteiger charge is -2.32. The Morgan fingerprint density at radius 3 is 3.00 bits per heavy atom. The minimum absolute atomic E-state index is 0.0269. The van der Waals surface area contributed by atoms with E-state index in [1.54, 1.807) is 0 Å². The molecule has 1 aliphatic heterocycles. The van der Waals surface area contributed by atoms with Crippen LogP contribution in [0.25, 0.3) is 0 Å². The Morgan fingerprint density at radius 1 is 1.55 bits per heavy atom. The van der Waals surface area contributed by atoms with Gasteiger partial charge in [0, 0.05) is 24.1 Å². The van der Waals surface area contributed by atoms with Crippen molar-refractivity contribution in [3.05, 3.63) is 20.8 Å². The van der Waals surface area contributed by atoms with Crippen molar-refractivity contribution in [2.45, 2.75) is 12.8 Å². The molecule has 5 nitrogen and oxygen atoms in total. The Kier molecular flexibility index (Phi) is 5.56. The average molecular weight is 361 g/mol. The zero-order chi connectivity index (χ0) is 14.5. The third kappa shape index (κ3) is 4.04. The number of carboxylic acids is 1. The molecule has 7 heteroatoms. The third-order valence-corrected chi connectivity index (χ3v) is 5.15. The minimum atomic E-state index is -0.851. The maximum absolute atomic E-state index is 12.4. The van der Waals surface area contributed by atoms with E-state index in [0.29, 0.717) is 19.0 Å². The van der Waals surface area contributed by atoms with Crippen LogP contribution in [0.15, 0.2) is 15.9 Å². The fourth-order valence-electron chi connectivity index (χ4n) is 2.39. The first-order valence-electron chi connectivity index (χ1n) is 6.52. The van der Waals surface area contributed by atoms with Gasteiger partial charge in [-0.1, -0.05) is 0 Å². The van der Waals surface area contributed by atoms with Gasteiger partial charge in [0.25, 0.3) is 5.91 Å². The monoisotopic (exact) mass is 360 g/mol. The Balaban J connectivity index is 1.88. The van der Waals surface area contributed by atoms with Crippen LogP contribution in [0.4, 0.5) is 0 Å². The summed E-state index contributed by atoms with van der Waals surface area (Å²) >= 11 is 4.83. The molecular weight excluding hydrogens is 344 g/mol. The Morgan fingerprint density at radius 2 is 2.35 bits per heavy atom. The number of aliphatic carboxylic acids is 1. The Bertz CT molecular complexity index is 492. The summed E-state index contributed by atoms with van der Waals surface area (Å²) in [6.45, 7) is 2.08. The van der Waals surface area contributed by atoms with E-state index in [4.69, 9.17) is 5.11 Å². The molecule has 20 heavy (non-hydrogen) atoms. The van der Waals surface area contributed by atoms with Gasteiger partial charge in [-0.3, -0.25) is 9.59 Å². The van der Waals surface area contributed by atoms with Gasteiger partial charge < -0.3 is 15.3 Å². The van der Waals surface area contributed by atoms with Gasteiger partial charge in [-0.25, -0.2) is 0 Å². The minimum Gasteiger partial charge on any atom is -0.480 e. The number of carboxylic acid groups (broad SMARTS) is 1. The maximum Gasteiger partial charge on any atom is 0.317 e. The average Bonchev–Trinajstić information content (AvgIpc) is 2.84. The molecule has 2 heterocycles. The first kappa shape index (κ1) is 15.5. The second kappa shape index (κ2) is 7.19. The van der Waals surface area contributed by atoms with Gasteiger partial charge in [0.05, 0.1) is 6.54 Å². The summed E-state index contributed by atoms with van der Waals surface area (Å²) in [7, 11) is 0. The highest BCUT2D eigenvalue weighted by Gasteiger charge is 2.26. The second-order valence-corrected chi connectivity index (χ2v) is 6.65. The summed E-state index contributed by atoms with van der Waals surface area (Å²) < 4.78 is 0.846. The lowest BCUT2D eigenvalue weighted by molar-refractivity contribution is -0.136. The lowest BCUT2D eigenvalue weighted by Crippen LogP contribution is -2.43. The number of thiophene rings is 1. The molecule has 1 saturated heterocycles.